The molecule has 6 nitrogen and oxygen atoms in total. The molecule has 42 heavy (non-hydrogen) atoms. The van der Waals surface area contributed by atoms with Crippen molar-refractivity contribution in [3.05, 3.63) is 136 Å². The van der Waals surface area contributed by atoms with Crippen LogP contribution in [0.5, 0.6) is 5.75 Å². The number of nitrogens with zero attached hydrogens (tertiary/aromatic N) is 1. The molecule has 0 bridgehead atoms. The van der Waals surface area contributed by atoms with E-state index in [4.69, 9.17) is 27.9 Å². The van der Waals surface area contributed by atoms with Gasteiger partial charge in [0.1, 0.15) is 5.75 Å². The summed E-state index contributed by atoms with van der Waals surface area (Å²) < 4.78 is 34.9. The van der Waals surface area contributed by atoms with Gasteiger partial charge < -0.3 is 4.74 Å². The lowest BCUT2D eigenvalue weighted by Gasteiger charge is -2.25. The summed E-state index contributed by atoms with van der Waals surface area (Å²) in [4.78, 5) is 26.8. The zero-order valence-electron chi connectivity index (χ0n) is 22.6. The first-order valence-corrected chi connectivity index (χ1v) is 15.2. The summed E-state index contributed by atoms with van der Waals surface area (Å²) in [7, 11) is -4.40. The lowest BCUT2D eigenvalue weighted by molar-refractivity contribution is 0.0736. The summed E-state index contributed by atoms with van der Waals surface area (Å²) in [5, 5.41) is 1.72. The lowest BCUT2D eigenvalue weighted by atomic mass is 10.0. The van der Waals surface area contributed by atoms with Crippen LogP contribution in [-0.4, -0.2) is 20.3 Å². The monoisotopic (exact) mass is 617 g/mol. The SMILES string of the molecule is CC(C)c1ccc(S(=O)(=O)N(C(=O)c2ccc(Cl)cc2)c2ccc(OC(=O)c3ccc(Cl)cc3)c3ccccc23)cc1. The molecule has 0 aliphatic carbocycles. The number of ether oxygens (including phenoxy) is 1. The molecule has 0 saturated heterocycles. The number of esters is 1. The van der Waals surface area contributed by atoms with E-state index in [0.717, 1.165) is 9.87 Å². The van der Waals surface area contributed by atoms with E-state index in [2.05, 4.69) is 0 Å². The highest BCUT2D eigenvalue weighted by Crippen LogP contribution is 2.37. The average Bonchev–Trinajstić information content (AvgIpc) is 2.99. The summed E-state index contributed by atoms with van der Waals surface area (Å²) in [6, 6.07) is 28.5. The largest absolute Gasteiger partial charge is 0.422 e. The van der Waals surface area contributed by atoms with Gasteiger partial charge in [0.25, 0.3) is 15.9 Å². The average molecular weight is 619 g/mol. The van der Waals surface area contributed by atoms with Crippen LogP contribution in [0.1, 0.15) is 46.0 Å². The Morgan fingerprint density at radius 2 is 1.24 bits per heavy atom. The highest BCUT2D eigenvalue weighted by atomic mass is 35.5. The van der Waals surface area contributed by atoms with Gasteiger partial charge in [-0.15, -0.1) is 0 Å². The van der Waals surface area contributed by atoms with E-state index >= 15 is 0 Å². The fraction of sp³-hybridized carbons (Fsp3) is 0.0909. The molecule has 0 aliphatic heterocycles. The van der Waals surface area contributed by atoms with Crippen LogP contribution < -0.4 is 9.04 Å². The first kappa shape index (κ1) is 29.3. The fourth-order valence-corrected chi connectivity index (χ4v) is 6.14. The number of sulfonamides is 1. The summed E-state index contributed by atoms with van der Waals surface area (Å²) in [6.07, 6.45) is 0. The first-order valence-electron chi connectivity index (χ1n) is 13.0. The molecule has 0 spiro atoms. The van der Waals surface area contributed by atoms with Crippen molar-refractivity contribution in [3.63, 3.8) is 0 Å². The summed E-state index contributed by atoms with van der Waals surface area (Å²) in [5.74, 6) is -0.986. The Labute approximate surface area is 254 Å². The van der Waals surface area contributed by atoms with E-state index in [9.17, 15) is 18.0 Å². The maximum Gasteiger partial charge on any atom is 0.343 e. The Hall–Kier alpha value is -4.17. The van der Waals surface area contributed by atoms with Gasteiger partial charge in [-0.1, -0.05) is 73.4 Å². The number of carbonyl (C=O) groups is 2. The maximum atomic E-state index is 14.2. The third kappa shape index (κ3) is 5.90. The molecular formula is C33H25Cl2NO5S. The van der Waals surface area contributed by atoms with Crippen molar-refractivity contribution in [1.29, 1.82) is 0 Å². The third-order valence-corrected chi connectivity index (χ3v) is 8.94. The van der Waals surface area contributed by atoms with Crippen LogP contribution >= 0.6 is 23.2 Å². The Kier molecular flexibility index (Phi) is 8.36. The Bertz CT molecular complexity index is 1890. The van der Waals surface area contributed by atoms with Crippen LogP contribution in [-0.2, 0) is 10.0 Å². The predicted octanol–water partition coefficient (Wildman–Crippen LogP) is 8.52. The van der Waals surface area contributed by atoms with Gasteiger partial charge in [-0.3, -0.25) is 4.79 Å². The van der Waals surface area contributed by atoms with E-state index in [1.54, 1.807) is 60.7 Å². The molecule has 0 fully saturated rings. The van der Waals surface area contributed by atoms with Crippen LogP contribution in [0.2, 0.25) is 10.0 Å². The third-order valence-electron chi connectivity index (χ3n) is 6.72. The molecule has 5 aromatic carbocycles. The van der Waals surface area contributed by atoms with E-state index in [0.29, 0.717) is 26.4 Å². The standard InChI is InChI=1S/C33H25Cl2NO5S/c1-21(2)22-11-17-27(18-12-22)42(39,40)36(32(37)23-7-13-25(34)14-8-23)30-19-20-31(29-6-4-3-5-28(29)30)41-33(38)24-9-15-26(35)16-10-24/h3-21H,1-2H3. The number of hydrogen-bond donors (Lipinski definition) is 0. The number of fused-ring (bicyclic) bond motifs is 1. The maximum absolute atomic E-state index is 14.2. The summed E-state index contributed by atoms with van der Waals surface area (Å²) in [5.41, 5.74) is 1.48. The molecule has 0 aromatic heterocycles. The molecule has 1 amide bonds. The van der Waals surface area contributed by atoms with Crippen molar-refractivity contribution >= 4 is 61.6 Å². The van der Waals surface area contributed by atoms with Gasteiger partial charge in [0.05, 0.1) is 16.1 Å². The van der Waals surface area contributed by atoms with Gasteiger partial charge in [0.15, 0.2) is 0 Å². The van der Waals surface area contributed by atoms with Gasteiger partial charge in [-0.2, -0.15) is 4.31 Å². The normalized spacial score (nSPS) is 11.5. The number of rotatable bonds is 7. The molecule has 0 aliphatic rings. The number of amides is 1. The Balaban J connectivity index is 1.65. The van der Waals surface area contributed by atoms with Crippen LogP contribution in [0.4, 0.5) is 5.69 Å². The molecule has 0 heterocycles. The van der Waals surface area contributed by atoms with Crippen LogP contribution in [0, 0.1) is 0 Å². The number of halogens is 2. The molecule has 0 N–H and O–H groups in total. The van der Waals surface area contributed by atoms with Gasteiger partial charge >= 0.3 is 5.97 Å². The minimum atomic E-state index is -4.40. The van der Waals surface area contributed by atoms with Gasteiger partial charge in [-0.05, 0) is 84.3 Å². The van der Waals surface area contributed by atoms with E-state index in [1.165, 1.54) is 48.5 Å². The molecule has 0 unspecified atom stereocenters. The van der Waals surface area contributed by atoms with E-state index < -0.39 is 21.9 Å². The van der Waals surface area contributed by atoms with E-state index in [1.807, 2.05) is 13.8 Å². The second-order valence-electron chi connectivity index (χ2n) is 9.83. The van der Waals surface area contributed by atoms with E-state index in [-0.39, 0.29) is 27.8 Å². The molecule has 0 saturated carbocycles. The van der Waals surface area contributed by atoms with Gasteiger partial charge in [0, 0.05) is 26.4 Å². The van der Waals surface area contributed by atoms with Crippen molar-refractivity contribution in [2.45, 2.75) is 24.7 Å². The van der Waals surface area contributed by atoms with Crippen molar-refractivity contribution in [3.8, 4) is 5.75 Å². The minimum absolute atomic E-state index is 0.0449. The van der Waals surface area contributed by atoms with Crippen molar-refractivity contribution < 1.29 is 22.7 Å². The van der Waals surface area contributed by atoms with Crippen molar-refractivity contribution in [2.24, 2.45) is 0 Å². The zero-order chi connectivity index (χ0) is 30.0. The van der Waals surface area contributed by atoms with Crippen LogP contribution in [0.3, 0.4) is 0 Å². The summed E-state index contributed by atoms with van der Waals surface area (Å²) in [6.45, 7) is 4.01. The number of anilines is 1. The van der Waals surface area contributed by atoms with Crippen LogP contribution in [0.15, 0.2) is 114 Å². The lowest BCUT2D eigenvalue weighted by Crippen LogP contribution is -2.37. The molecule has 5 rings (SSSR count). The molecule has 9 heteroatoms. The first-order chi connectivity index (χ1) is 20.1. The molecule has 0 atom stereocenters. The molecule has 212 valence electrons. The quantitative estimate of drug-likeness (QED) is 0.135. The number of benzene rings is 5. The molecule has 5 aromatic rings. The summed E-state index contributed by atoms with van der Waals surface area (Å²) >= 11 is 12.0. The topological polar surface area (TPSA) is 80.8 Å². The Morgan fingerprint density at radius 3 is 1.81 bits per heavy atom. The number of hydrogen-bond acceptors (Lipinski definition) is 5. The second kappa shape index (κ2) is 12.0. The molecule has 0 radical (unpaired) electrons. The number of carbonyl (C=O) groups excluding carboxylic acids is 2. The predicted molar refractivity (Wildman–Crippen MR) is 166 cm³/mol. The second-order valence-corrected chi connectivity index (χ2v) is 12.5. The smallest absolute Gasteiger partial charge is 0.343 e. The highest BCUT2D eigenvalue weighted by molar-refractivity contribution is 7.93. The molecular weight excluding hydrogens is 593 g/mol. The van der Waals surface area contributed by atoms with Gasteiger partial charge in [-0.25, -0.2) is 13.2 Å². The zero-order valence-corrected chi connectivity index (χ0v) is 25.0. The minimum Gasteiger partial charge on any atom is -0.422 e. The fourth-order valence-electron chi connectivity index (χ4n) is 4.45. The van der Waals surface area contributed by atoms with Crippen LogP contribution in [0.25, 0.3) is 10.8 Å². The van der Waals surface area contributed by atoms with Crippen molar-refractivity contribution in [2.75, 3.05) is 4.31 Å². The van der Waals surface area contributed by atoms with Crippen molar-refractivity contribution in [1.82, 2.24) is 0 Å². The van der Waals surface area contributed by atoms with Gasteiger partial charge in [0.2, 0.25) is 0 Å². The Morgan fingerprint density at radius 1 is 0.690 bits per heavy atom. The highest BCUT2D eigenvalue weighted by Gasteiger charge is 2.33.